The smallest absolute Gasteiger partial charge is 0.234 e. The third kappa shape index (κ3) is 4.45. The molecule has 2 aromatic carbocycles. The first kappa shape index (κ1) is 18.5. The maximum Gasteiger partial charge on any atom is 0.234 e. The molecule has 1 heterocycles. The molecule has 0 aliphatic carbocycles. The van der Waals surface area contributed by atoms with Crippen molar-refractivity contribution in [3.8, 4) is 11.4 Å². The lowest BCUT2D eigenvalue weighted by molar-refractivity contribution is -0.113. The minimum absolute atomic E-state index is 0.0766. The summed E-state index contributed by atoms with van der Waals surface area (Å²) in [7, 11) is 1.88. The van der Waals surface area contributed by atoms with Crippen LogP contribution in [-0.4, -0.2) is 26.4 Å². The lowest BCUT2D eigenvalue weighted by atomic mass is 10.1. The maximum absolute atomic E-state index is 12.2. The molecule has 1 amide bonds. The van der Waals surface area contributed by atoms with Crippen LogP contribution < -0.4 is 5.32 Å². The van der Waals surface area contributed by atoms with Gasteiger partial charge in [0, 0.05) is 23.3 Å². The van der Waals surface area contributed by atoms with Crippen LogP contribution in [0.4, 0.5) is 5.69 Å². The number of carbonyl (C=O) groups is 1. The maximum atomic E-state index is 12.2. The van der Waals surface area contributed by atoms with Crippen molar-refractivity contribution < 1.29 is 4.79 Å². The van der Waals surface area contributed by atoms with E-state index >= 15 is 0 Å². The second-order valence-electron chi connectivity index (χ2n) is 6.09. The molecular formula is C19H19ClN4OS. The van der Waals surface area contributed by atoms with Crippen LogP contribution in [0.1, 0.15) is 11.1 Å². The van der Waals surface area contributed by atoms with Crippen LogP contribution in [0, 0.1) is 13.8 Å². The quantitative estimate of drug-likeness (QED) is 0.656. The molecule has 0 saturated heterocycles. The number of nitrogens with zero attached hydrogens (tertiary/aromatic N) is 3. The number of thioether (sulfide) groups is 1. The van der Waals surface area contributed by atoms with Crippen LogP contribution in [-0.2, 0) is 11.8 Å². The van der Waals surface area contributed by atoms with Crippen LogP contribution in [0.25, 0.3) is 11.4 Å². The molecule has 0 unspecified atom stereocenters. The predicted octanol–water partition coefficient (Wildman–Crippen LogP) is 4.48. The first-order valence-electron chi connectivity index (χ1n) is 8.08. The second-order valence-corrected chi connectivity index (χ2v) is 7.47. The highest BCUT2D eigenvalue weighted by Gasteiger charge is 2.13. The summed E-state index contributed by atoms with van der Waals surface area (Å²) in [5.74, 6) is 0.895. The molecule has 0 radical (unpaired) electrons. The summed E-state index contributed by atoms with van der Waals surface area (Å²) < 4.78 is 1.86. The first-order valence-corrected chi connectivity index (χ1v) is 9.45. The molecular weight excluding hydrogens is 368 g/mol. The summed E-state index contributed by atoms with van der Waals surface area (Å²) >= 11 is 7.39. The highest BCUT2D eigenvalue weighted by atomic mass is 35.5. The molecule has 0 saturated carbocycles. The van der Waals surface area contributed by atoms with Crippen molar-refractivity contribution in [3.05, 3.63) is 58.6 Å². The zero-order chi connectivity index (χ0) is 18.7. The number of aryl methyl sites for hydroxylation is 2. The molecule has 26 heavy (non-hydrogen) atoms. The molecule has 1 aromatic heterocycles. The number of carbonyl (C=O) groups excluding carboxylic acids is 1. The van der Waals surface area contributed by atoms with E-state index in [-0.39, 0.29) is 11.7 Å². The van der Waals surface area contributed by atoms with Gasteiger partial charge in [0.2, 0.25) is 5.91 Å². The van der Waals surface area contributed by atoms with Gasteiger partial charge < -0.3 is 9.88 Å². The number of rotatable bonds is 5. The molecule has 0 fully saturated rings. The Labute approximate surface area is 161 Å². The molecule has 3 rings (SSSR count). The van der Waals surface area contributed by atoms with E-state index in [1.54, 1.807) is 0 Å². The zero-order valence-corrected chi connectivity index (χ0v) is 16.4. The fourth-order valence-electron chi connectivity index (χ4n) is 2.69. The fraction of sp³-hybridized carbons (Fsp3) is 0.211. The van der Waals surface area contributed by atoms with Crippen molar-refractivity contribution >= 4 is 35.0 Å². The van der Waals surface area contributed by atoms with Crippen molar-refractivity contribution in [2.75, 3.05) is 11.1 Å². The van der Waals surface area contributed by atoms with Crippen molar-refractivity contribution in [2.45, 2.75) is 19.0 Å². The number of anilines is 1. The van der Waals surface area contributed by atoms with Gasteiger partial charge in [0.1, 0.15) is 0 Å². The number of halogens is 1. The molecule has 0 aliphatic rings. The SMILES string of the molecule is Cc1cc(C)cc(NC(=O)CSc2nnc(-c3cccc(Cl)c3)n2C)c1. The van der Waals surface area contributed by atoms with Crippen molar-refractivity contribution in [2.24, 2.45) is 7.05 Å². The van der Waals surface area contributed by atoms with Crippen molar-refractivity contribution in [1.82, 2.24) is 14.8 Å². The Morgan fingerprint density at radius 3 is 2.58 bits per heavy atom. The van der Waals surface area contributed by atoms with Crippen molar-refractivity contribution in [3.63, 3.8) is 0 Å². The standard InChI is InChI=1S/C19H19ClN4OS/c1-12-7-13(2)9-16(8-12)21-17(25)11-26-19-23-22-18(24(19)3)14-5-4-6-15(20)10-14/h4-10H,11H2,1-3H3,(H,21,25). The summed E-state index contributed by atoms with van der Waals surface area (Å²) in [4.78, 5) is 12.2. The average Bonchev–Trinajstić information content (AvgIpc) is 2.93. The van der Waals surface area contributed by atoms with Gasteiger partial charge in [-0.1, -0.05) is 41.6 Å². The van der Waals surface area contributed by atoms with Crippen LogP contribution in [0.5, 0.6) is 0 Å². The number of hydrogen-bond acceptors (Lipinski definition) is 4. The van der Waals surface area contributed by atoms with E-state index in [0.29, 0.717) is 16.0 Å². The highest BCUT2D eigenvalue weighted by Crippen LogP contribution is 2.24. The Morgan fingerprint density at radius 1 is 1.15 bits per heavy atom. The first-order chi connectivity index (χ1) is 12.4. The van der Waals surface area contributed by atoms with E-state index in [4.69, 9.17) is 11.6 Å². The van der Waals surface area contributed by atoms with E-state index in [0.717, 1.165) is 22.4 Å². The van der Waals surface area contributed by atoms with Crippen LogP contribution in [0.15, 0.2) is 47.6 Å². The minimum atomic E-state index is -0.0766. The van der Waals surface area contributed by atoms with E-state index in [1.807, 2.05) is 61.9 Å². The highest BCUT2D eigenvalue weighted by molar-refractivity contribution is 7.99. The molecule has 3 aromatic rings. The average molecular weight is 387 g/mol. The number of hydrogen-bond donors (Lipinski definition) is 1. The van der Waals surface area contributed by atoms with Crippen molar-refractivity contribution in [1.29, 1.82) is 0 Å². The van der Waals surface area contributed by atoms with E-state index < -0.39 is 0 Å². The Bertz CT molecular complexity index is 934. The molecule has 0 aliphatic heterocycles. The molecule has 7 heteroatoms. The monoisotopic (exact) mass is 386 g/mol. The third-order valence-electron chi connectivity index (χ3n) is 3.76. The van der Waals surface area contributed by atoms with Gasteiger partial charge in [-0.3, -0.25) is 4.79 Å². The van der Waals surface area contributed by atoms with Gasteiger partial charge in [0.25, 0.3) is 0 Å². The van der Waals surface area contributed by atoms with Crippen LogP contribution in [0.2, 0.25) is 5.02 Å². The molecule has 1 N–H and O–H groups in total. The van der Waals surface area contributed by atoms with Gasteiger partial charge in [-0.2, -0.15) is 0 Å². The summed E-state index contributed by atoms with van der Waals surface area (Å²) in [6.07, 6.45) is 0. The van der Waals surface area contributed by atoms with Gasteiger partial charge in [-0.05, 0) is 49.2 Å². The lowest BCUT2D eigenvalue weighted by Crippen LogP contribution is -2.14. The second kappa shape index (κ2) is 7.93. The minimum Gasteiger partial charge on any atom is -0.325 e. The van der Waals surface area contributed by atoms with Gasteiger partial charge in [-0.25, -0.2) is 0 Å². The third-order valence-corrected chi connectivity index (χ3v) is 5.01. The van der Waals surface area contributed by atoms with Gasteiger partial charge in [0.05, 0.1) is 5.75 Å². The Balaban J connectivity index is 1.65. The molecule has 5 nitrogen and oxygen atoms in total. The number of nitrogens with one attached hydrogen (secondary N) is 1. The normalized spacial score (nSPS) is 10.8. The van der Waals surface area contributed by atoms with Gasteiger partial charge >= 0.3 is 0 Å². The Kier molecular flexibility index (Phi) is 5.64. The van der Waals surface area contributed by atoms with E-state index in [9.17, 15) is 4.79 Å². The predicted molar refractivity (Wildman–Crippen MR) is 107 cm³/mol. The summed E-state index contributed by atoms with van der Waals surface area (Å²) in [5.41, 5.74) is 3.93. The fourth-order valence-corrected chi connectivity index (χ4v) is 3.59. The summed E-state index contributed by atoms with van der Waals surface area (Å²) in [5, 5.41) is 12.6. The van der Waals surface area contributed by atoms with Gasteiger partial charge in [0.15, 0.2) is 11.0 Å². The summed E-state index contributed by atoms with van der Waals surface area (Å²) in [6, 6.07) is 13.4. The zero-order valence-electron chi connectivity index (χ0n) is 14.8. The Morgan fingerprint density at radius 2 is 1.88 bits per heavy atom. The molecule has 0 bridgehead atoms. The topological polar surface area (TPSA) is 59.8 Å². The largest absolute Gasteiger partial charge is 0.325 e. The van der Waals surface area contributed by atoms with Crippen LogP contribution >= 0.6 is 23.4 Å². The van der Waals surface area contributed by atoms with Crippen LogP contribution in [0.3, 0.4) is 0 Å². The number of amides is 1. The summed E-state index contributed by atoms with van der Waals surface area (Å²) in [6.45, 7) is 4.02. The molecule has 134 valence electrons. The number of aromatic nitrogens is 3. The number of benzene rings is 2. The molecule has 0 spiro atoms. The van der Waals surface area contributed by atoms with E-state index in [2.05, 4.69) is 21.6 Å². The van der Waals surface area contributed by atoms with Gasteiger partial charge in [-0.15, -0.1) is 10.2 Å². The van der Waals surface area contributed by atoms with E-state index in [1.165, 1.54) is 11.8 Å². The lowest BCUT2D eigenvalue weighted by Gasteiger charge is -2.07. The molecule has 0 atom stereocenters. The Hall–Kier alpha value is -2.31.